The van der Waals surface area contributed by atoms with E-state index in [0.717, 1.165) is 6.07 Å². The van der Waals surface area contributed by atoms with Crippen LogP contribution in [0, 0.1) is 5.82 Å². The average molecular weight is 425 g/mol. The topological polar surface area (TPSA) is 102 Å². The Hall–Kier alpha value is -3.21. The van der Waals surface area contributed by atoms with Gasteiger partial charge < -0.3 is 9.84 Å². The van der Waals surface area contributed by atoms with Crippen LogP contribution in [-0.2, 0) is 21.1 Å². The van der Waals surface area contributed by atoms with Gasteiger partial charge >= 0.3 is 5.76 Å². The van der Waals surface area contributed by atoms with Gasteiger partial charge in [0.1, 0.15) is 5.82 Å². The monoisotopic (exact) mass is 425 g/mol. The van der Waals surface area contributed by atoms with Crippen molar-refractivity contribution in [2.45, 2.75) is 23.5 Å². The standard InChI is InChI=1S/C18H14F3N3O4S/c19-12-7-5-11(6-8-12)17-23-16(28-24-17)10-9-15(25)22-13-3-1-2-4-14(13)29(26,27)18(20)21/h1-8,18H,9-10H2,(H,22,25). The molecule has 29 heavy (non-hydrogen) atoms. The number of sulfone groups is 1. The number of halogens is 3. The van der Waals surface area contributed by atoms with Gasteiger partial charge in [-0.3, -0.25) is 4.79 Å². The number of benzene rings is 2. The first-order valence-corrected chi connectivity index (χ1v) is 9.81. The van der Waals surface area contributed by atoms with E-state index in [0.29, 0.717) is 5.56 Å². The third-order valence-electron chi connectivity index (χ3n) is 3.84. The lowest BCUT2D eigenvalue weighted by Gasteiger charge is -2.10. The zero-order chi connectivity index (χ0) is 21.0. The largest absolute Gasteiger partial charge is 0.341 e. The number of carbonyl (C=O) groups excluding carboxylic acids is 1. The van der Waals surface area contributed by atoms with Gasteiger partial charge in [-0.05, 0) is 36.4 Å². The van der Waals surface area contributed by atoms with Gasteiger partial charge in [-0.15, -0.1) is 0 Å². The lowest BCUT2D eigenvalue weighted by Crippen LogP contribution is -2.18. The molecule has 2 aromatic carbocycles. The second-order valence-corrected chi connectivity index (χ2v) is 7.75. The van der Waals surface area contributed by atoms with Crippen molar-refractivity contribution in [3.05, 3.63) is 60.2 Å². The van der Waals surface area contributed by atoms with Crippen LogP contribution >= 0.6 is 0 Å². The van der Waals surface area contributed by atoms with Crippen LogP contribution in [0.4, 0.5) is 18.9 Å². The van der Waals surface area contributed by atoms with Gasteiger partial charge in [0, 0.05) is 18.4 Å². The van der Waals surface area contributed by atoms with Gasteiger partial charge in [0.25, 0.3) is 0 Å². The van der Waals surface area contributed by atoms with Crippen LogP contribution in [0.15, 0.2) is 57.9 Å². The Morgan fingerprint density at radius 2 is 1.79 bits per heavy atom. The minimum atomic E-state index is -4.87. The van der Waals surface area contributed by atoms with E-state index < -0.39 is 32.2 Å². The van der Waals surface area contributed by atoms with Crippen molar-refractivity contribution in [3.63, 3.8) is 0 Å². The molecule has 0 bridgehead atoms. The van der Waals surface area contributed by atoms with E-state index in [2.05, 4.69) is 15.5 Å². The number of anilines is 1. The molecule has 1 heterocycles. The molecule has 1 N–H and O–H groups in total. The summed E-state index contributed by atoms with van der Waals surface area (Å²) < 4.78 is 67.0. The maximum atomic E-state index is 13.0. The smallest absolute Gasteiger partial charge is 0.339 e. The van der Waals surface area contributed by atoms with E-state index in [1.807, 2.05) is 0 Å². The lowest BCUT2D eigenvalue weighted by molar-refractivity contribution is -0.116. The van der Waals surface area contributed by atoms with Crippen molar-refractivity contribution < 1.29 is 30.9 Å². The number of amides is 1. The van der Waals surface area contributed by atoms with Gasteiger partial charge in [-0.1, -0.05) is 17.3 Å². The summed E-state index contributed by atoms with van der Waals surface area (Å²) in [5.41, 5.74) is 0.285. The number of nitrogens with zero attached hydrogens (tertiary/aromatic N) is 2. The molecule has 0 saturated heterocycles. The van der Waals surface area contributed by atoms with Gasteiger partial charge in [-0.2, -0.15) is 13.8 Å². The number of nitrogens with one attached hydrogen (secondary N) is 1. The zero-order valence-electron chi connectivity index (χ0n) is 14.7. The highest BCUT2D eigenvalue weighted by Crippen LogP contribution is 2.26. The average Bonchev–Trinajstić information content (AvgIpc) is 3.16. The fourth-order valence-corrected chi connectivity index (χ4v) is 3.31. The summed E-state index contributed by atoms with van der Waals surface area (Å²) >= 11 is 0. The van der Waals surface area contributed by atoms with Gasteiger partial charge in [-0.25, -0.2) is 12.8 Å². The van der Waals surface area contributed by atoms with E-state index in [1.165, 1.54) is 42.5 Å². The summed E-state index contributed by atoms with van der Waals surface area (Å²) in [5.74, 6) is -4.29. The maximum Gasteiger partial charge on any atom is 0.341 e. The van der Waals surface area contributed by atoms with Crippen LogP contribution < -0.4 is 5.32 Å². The minimum absolute atomic E-state index is 0.0315. The summed E-state index contributed by atoms with van der Waals surface area (Å²) in [6.07, 6.45) is -0.127. The molecule has 152 valence electrons. The first-order chi connectivity index (χ1) is 13.8. The first-order valence-electron chi connectivity index (χ1n) is 8.27. The summed E-state index contributed by atoms with van der Waals surface area (Å²) in [7, 11) is -4.87. The highest BCUT2D eigenvalue weighted by Gasteiger charge is 2.29. The molecule has 3 rings (SSSR count). The molecular weight excluding hydrogens is 411 g/mol. The van der Waals surface area contributed by atoms with E-state index in [-0.39, 0.29) is 30.2 Å². The van der Waals surface area contributed by atoms with Crippen molar-refractivity contribution in [3.8, 4) is 11.4 Å². The Balaban J connectivity index is 1.65. The Bertz CT molecular complexity index is 1120. The highest BCUT2D eigenvalue weighted by molar-refractivity contribution is 7.91. The molecule has 7 nitrogen and oxygen atoms in total. The molecular formula is C18H14F3N3O4S. The molecule has 11 heteroatoms. The number of rotatable bonds is 7. The summed E-state index contributed by atoms with van der Waals surface area (Å²) in [5, 5.41) is 6.04. The van der Waals surface area contributed by atoms with Crippen LogP contribution in [0.2, 0.25) is 0 Å². The van der Waals surface area contributed by atoms with Crippen molar-refractivity contribution in [1.82, 2.24) is 10.1 Å². The van der Waals surface area contributed by atoms with Gasteiger partial charge in [0.05, 0.1) is 10.6 Å². The van der Waals surface area contributed by atoms with E-state index in [1.54, 1.807) is 0 Å². The number of aryl methyl sites for hydroxylation is 1. The number of carbonyl (C=O) groups is 1. The predicted octanol–water partition coefficient (Wildman–Crippen LogP) is 3.44. The Kier molecular flexibility index (Phi) is 5.97. The fraction of sp³-hybridized carbons (Fsp3) is 0.167. The van der Waals surface area contributed by atoms with Crippen molar-refractivity contribution in [2.75, 3.05) is 5.32 Å². The number of hydrogen-bond donors (Lipinski definition) is 1. The van der Waals surface area contributed by atoms with Crippen LogP contribution in [-0.4, -0.2) is 30.2 Å². The van der Waals surface area contributed by atoms with Crippen LogP contribution in [0.1, 0.15) is 12.3 Å². The maximum absolute atomic E-state index is 13.0. The number of hydrogen-bond acceptors (Lipinski definition) is 6. The van der Waals surface area contributed by atoms with Crippen LogP contribution in [0.25, 0.3) is 11.4 Å². The predicted molar refractivity (Wildman–Crippen MR) is 96.3 cm³/mol. The van der Waals surface area contributed by atoms with E-state index in [4.69, 9.17) is 4.52 Å². The molecule has 3 aromatic rings. The lowest BCUT2D eigenvalue weighted by atomic mass is 10.2. The van der Waals surface area contributed by atoms with Gasteiger partial charge in [0.15, 0.2) is 0 Å². The second kappa shape index (κ2) is 8.43. The van der Waals surface area contributed by atoms with E-state index in [9.17, 15) is 26.4 Å². The molecule has 1 aromatic heterocycles. The molecule has 0 aliphatic heterocycles. The molecule has 0 saturated carbocycles. The minimum Gasteiger partial charge on any atom is -0.339 e. The van der Waals surface area contributed by atoms with Crippen molar-refractivity contribution in [2.24, 2.45) is 0 Å². The SMILES string of the molecule is O=C(CCc1nc(-c2ccc(F)cc2)no1)Nc1ccccc1S(=O)(=O)C(F)F. The van der Waals surface area contributed by atoms with Crippen LogP contribution in [0.5, 0.6) is 0 Å². The molecule has 0 fully saturated rings. The molecule has 0 spiro atoms. The molecule has 1 amide bonds. The Labute approximate surface area is 163 Å². The normalized spacial score (nSPS) is 11.6. The number of aromatic nitrogens is 2. The second-order valence-electron chi connectivity index (χ2n) is 5.87. The molecule has 0 radical (unpaired) electrons. The van der Waals surface area contributed by atoms with E-state index >= 15 is 0 Å². The molecule has 0 aliphatic rings. The molecule has 0 atom stereocenters. The third kappa shape index (κ3) is 4.80. The Morgan fingerprint density at radius 1 is 1.10 bits per heavy atom. The Morgan fingerprint density at radius 3 is 2.48 bits per heavy atom. The highest BCUT2D eigenvalue weighted by atomic mass is 32.2. The summed E-state index contributed by atoms with van der Waals surface area (Å²) in [6, 6.07) is 10.3. The van der Waals surface area contributed by atoms with Gasteiger partial charge in [0.2, 0.25) is 27.5 Å². The third-order valence-corrected chi connectivity index (χ3v) is 5.28. The van der Waals surface area contributed by atoms with Crippen LogP contribution in [0.3, 0.4) is 0 Å². The summed E-state index contributed by atoms with van der Waals surface area (Å²) in [6.45, 7) is 0. The van der Waals surface area contributed by atoms with Crippen molar-refractivity contribution in [1.29, 1.82) is 0 Å². The fourth-order valence-electron chi connectivity index (χ4n) is 2.42. The molecule has 0 unspecified atom stereocenters. The molecule has 0 aliphatic carbocycles. The number of alkyl halides is 2. The first kappa shape index (κ1) is 20.5. The summed E-state index contributed by atoms with van der Waals surface area (Å²) in [4.78, 5) is 15.6. The zero-order valence-corrected chi connectivity index (χ0v) is 15.5. The number of para-hydroxylation sites is 1. The van der Waals surface area contributed by atoms with Crippen molar-refractivity contribution >= 4 is 21.4 Å². The quantitative estimate of drug-likeness (QED) is 0.622.